The van der Waals surface area contributed by atoms with Crippen molar-refractivity contribution in [3.8, 4) is 0 Å². The smallest absolute Gasteiger partial charge is 0.396 e. The standard InChI is InChI=1S/C10H17F3N2O2/c1-8(14,10(11,12)13)7(17)15-6-9(2-3-9)4-5-16/h16H,2-6,14H2,1H3,(H,15,17). The van der Waals surface area contributed by atoms with Gasteiger partial charge in [0.15, 0.2) is 5.54 Å². The lowest BCUT2D eigenvalue weighted by molar-refractivity contribution is -0.187. The molecule has 1 aliphatic carbocycles. The number of nitrogens with two attached hydrogens (primary N) is 1. The van der Waals surface area contributed by atoms with Crippen molar-refractivity contribution in [3.63, 3.8) is 0 Å². The van der Waals surface area contributed by atoms with Gasteiger partial charge in [0.2, 0.25) is 5.91 Å². The largest absolute Gasteiger partial charge is 0.415 e. The Morgan fingerprint density at radius 1 is 1.47 bits per heavy atom. The van der Waals surface area contributed by atoms with Crippen LogP contribution in [-0.2, 0) is 4.79 Å². The number of hydrogen-bond donors (Lipinski definition) is 3. The highest BCUT2D eigenvalue weighted by molar-refractivity contribution is 5.86. The van der Waals surface area contributed by atoms with Crippen molar-refractivity contribution in [2.45, 2.75) is 37.9 Å². The van der Waals surface area contributed by atoms with Crippen LogP contribution in [0.25, 0.3) is 0 Å². The molecule has 1 rings (SSSR count). The Morgan fingerprint density at radius 2 is 2.00 bits per heavy atom. The summed E-state index contributed by atoms with van der Waals surface area (Å²) in [5.74, 6) is -1.23. The van der Waals surface area contributed by atoms with E-state index in [-0.39, 0.29) is 18.6 Å². The Kier molecular flexibility index (Phi) is 3.73. The number of hydrogen-bond acceptors (Lipinski definition) is 3. The Balaban J connectivity index is 2.50. The molecule has 1 fully saturated rings. The van der Waals surface area contributed by atoms with Crippen molar-refractivity contribution >= 4 is 5.91 Å². The predicted molar refractivity (Wildman–Crippen MR) is 55.0 cm³/mol. The molecule has 0 spiro atoms. The first-order valence-electron chi connectivity index (χ1n) is 5.39. The molecule has 17 heavy (non-hydrogen) atoms. The van der Waals surface area contributed by atoms with Crippen LogP contribution >= 0.6 is 0 Å². The number of halogens is 3. The van der Waals surface area contributed by atoms with E-state index in [1.807, 2.05) is 0 Å². The van der Waals surface area contributed by atoms with E-state index in [1.165, 1.54) is 0 Å². The lowest BCUT2D eigenvalue weighted by Crippen LogP contribution is -2.61. The van der Waals surface area contributed by atoms with E-state index in [9.17, 15) is 18.0 Å². The molecule has 0 heterocycles. The number of rotatable bonds is 5. The average Bonchev–Trinajstić information content (AvgIpc) is 2.94. The first-order chi connectivity index (χ1) is 7.65. The Labute approximate surface area is 97.4 Å². The maximum atomic E-state index is 12.4. The normalized spacial score (nSPS) is 21.8. The second-order valence-electron chi connectivity index (χ2n) is 4.86. The molecule has 1 aliphatic rings. The van der Waals surface area contributed by atoms with Gasteiger partial charge in [-0.3, -0.25) is 4.79 Å². The molecule has 0 aliphatic heterocycles. The Hall–Kier alpha value is -0.820. The van der Waals surface area contributed by atoms with Gasteiger partial charge in [0.05, 0.1) is 0 Å². The Bertz CT molecular complexity index is 298. The number of nitrogens with one attached hydrogen (secondary N) is 1. The van der Waals surface area contributed by atoms with Gasteiger partial charge in [0.25, 0.3) is 0 Å². The van der Waals surface area contributed by atoms with E-state index < -0.39 is 17.6 Å². The molecule has 1 atom stereocenters. The molecule has 100 valence electrons. The van der Waals surface area contributed by atoms with E-state index in [1.54, 1.807) is 0 Å². The molecule has 0 radical (unpaired) electrons. The highest BCUT2D eigenvalue weighted by atomic mass is 19.4. The van der Waals surface area contributed by atoms with Crippen molar-refractivity contribution in [1.29, 1.82) is 0 Å². The van der Waals surface area contributed by atoms with Gasteiger partial charge in [-0.1, -0.05) is 0 Å². The van der Waals surface area contributed by atoms with Crippen LogP contribution in [-0.4, -0.2) is 35.9 Å². The van der Waals surface area contributed by atoms with Crippen LogP contribution in [0.2, 0.25) is 0 Å². The first kappa shape index (κ1) is 14.2. The summed E-state index contributed by atoms with van der Waals surface area (Å²) in [6.45, 7) is 0.748. The molecule has 7 heteroatoms. The van der Waals surface area contributed by atoms with Crippen molar-refractivity contribution in [1.82, 2.24) is 5.32 Å². The molecular formula is C10H17F3N2O2. The minimum absolute atomic E-state index is 0.0327. The van der Waals surface area contributed by atoms with Crippen LogP contribution in [0.3, 0.4) is 0 Å². The van der Waals surface area contributed by atoms with Crippen LogP contribution in [0.5, 0.6) is 0 Å². The summed E-state index contributed by atoms with van der Waals surface area (Å²) in [5.41, 5.74) is 1.87. The highest BCUT2D eigenvalue weighted by Crippen LogP contribution is 2.48. The highest BCUT2D eigenvalue weighted by Gasteiger charge is 2.54. The van der Waals surface area contributed by atoms with Gasteiger partial charge in [-0.25, -0.2) is 0 Å². The van der Waals surface area contributed by atoms with Crippen LogP contribution in [0.4, 0.5) is 13.2 Å². The van der Waals surface area contributed by atoms with Gasteiger partial charge >= 0.3 is 6.18 Å². The molecular weight excluding hydrogens is 237 g/mol. The zero-order chi connectivity index (χ0) is 13.3. The van der Waals surface area contributed by atoms with Crippen LogP contribution in [0.15, 0.2) is 0 Å². The summed E-state index contributed by atoms with van der Waals surface area (Å²) in [7, 11) is 0. The number of carbonyl (C=O) groups is 1. The van der Waals surface area contributed by atoms with E-state index in [0.29, 0.717) is 13.3 Å². The molecule has 0 aromatic rings. The number of amides is 1. The molecule has 0 bridgehead atoms. The van der Waals surface area contributed by atoms with Gasteiger partial charge < -0.3 is 16.2 Å². The fourth-order valence-electron chi connectivity index (χ4n) is 1.51. The third-order valence-electron chi connectivity index (χ3n) is 3.28. The number of aliphatic hydroxyl groups is 1. The maximum absolute atomic E-state index is 12.4. The molecule has 1 unspecified atom stereocenters. The minimum Gasteiger partial charge on any atom is -0.396 e. The molecule has 4 N–H and O–H groups in total. The topological polar surface area (TPSA) is 75.4 Å². The van der Waals surface area contributed by atoms with Gasteiger partial charge in [-0.05, 0) is 31.6 Å². The van der Waals surface area contributed by atoms with E-state index in [2.05, 4.69) is 5.32 Å². The molecule has 4 nitrogen and oxygen atoms in total. The van der Waals surface area contributed by atoms with Gasteiger partial charge in [0, 0.05) is 13.2 Å². The lowest BCUT2D eigenvalue weighted by atomic mass is 9.99. The molecule has 1 amide bonds. The molecule has 1 saturated carbocycles. The minimum atomic E-state index is -4.77. The van der Waals surface area contributed by atoms with Gasteiger partial charge in [-0.15, -0.1) is 0 Å². The Morgan fingerprint density at radius 3 is 2.35 bits per heavy atom. The lowest BCUT2D eigenvalue weighted by Gasteiger charge is -2.27. The van der Waals surface area contributed by atoms with Gasteiger partial charge in [0.1, 0.15) is 0 Å². The second kappa shape index (κ2) is 4.45. The average molecular weight is 254 g/mol. The summed E-state index contributed by atoms with van der Waals surface area (Å²) < 4.78 is 37.3. The van der Waals surface area contributed by atoms with Crippen molar-refractivity contribution < 1.29 is 23.1 Å². The zero-order valence-corrected chi connectivity index (χ0v) is 9.60. The molecule has 0 aromatic carbocycles. The van der Waals surface area contributed by atoms with Crippen LogP contribution < -0.4 is 11.1 Å². The predicted octanol–water partition coefficient (Wildman–Crippen LogP) is 0.545. The van der Waals surface area contributed by atoms with E-state index in [4.69, 9.17) is 10.8 Å². The molecule has 0 saturated heterocycles. The zero-order valence-electron chi connectivity index (χ0n) is 9.60. The van der Waals surface area contributed by atoms with Crippen LogP contribution in [0, 0.1) is 5.41 Å². The summed E-state index contributed by atoms with van der Waals surface area (Å²) in [5, 5.41) is 11.0. The fraction of sp³-hybridized carbons (Fsp3) is 0.900. The second-order valence-corrected chi connectivity index (χ2v) is 4.86. The summed E-state index contributed by atoms with van der Waals surface area (Å²) in [4.78, 5) is 11.4. The van der Waals surface area contributed by atoms with E-state index >= 15 is 0 Å². The summed E-state index contributed by atoms with van der Waals surface area (Å²) in [6, 6.07) is 0. The summed E-state index contributed by atoms with van der Waals surface area (Å²) in [6.07, 6.45) is -2.67. The first-order valence-corrected chi connectivity index (χ1v) is 5.39. The third kappa shape index (κ3) is 3.10. The quantitative estimate of drug-likeness (QED) is 0.670. The van der Waals surface area contributed by atoms with E-state index in [0.717, 1.165) is 12.8 Å². The monoisotopic (exact) mass is 254 g/mol. The van der Waals surface area contributed by atoms with Crippen molar-refractivity contribution in [3.05, 3.63) is 0 Å². The fourth-order valence-corrected chi connectivity index (χ4v) is 1.51. The number of carbonyl (C=O) groups excluding carboxylic acids is 1. The van der Waals surface area contributed by atoms with Crippen molar-refractivity contribution in [2.24, 2.45) is 11.1 Å². The maximum Gasteiger partial charge on any atom is 0.415 e. The number of alkyl halides is 3. The van der Waals surface area contributed by atoms with Gasteiger partial charge in [-0.2, -0.15) is 13.2 Å². The van der Waals surface area contributed by atoms with Crippen molar-refractivity contribution in [2.75, 3.05) is 13.2 Å². The third-order valence-corrected chi connectivity index (χ3v) is 3.28. The van der Waals surface area contributed by atoms with Crippen LogP contribution in [0.1, 0.15) is 26.2 Å². The SMILES string of the molecule is CC(N)(C(=O)NCC1(CCO)CC1)C(F)(F)F. The summed E-state index contributed by atoms with van der Waals surface area (Å²) >= 11 is 0. The molecule has 0 aromatic heterocycles. The number of aliphatic hydroxyl groups excluding tert-OH is 1.